The van der Waals surface area contributed by atoms with Gasteiger partial charge in [0.15, 0.2) is 11.4 Å². The molecular formula is C16H19N5O4. The van der Waals surface area contributed by atoms with Crippen molar-refractivity contribution in [3.05, 3.63) is 41.5 Å². The van der Waals surface area contributed by atoms with Gasteiger partial charge in [0.2, 0.25) is 11.8 Å². The SMILES string of the molecule is CCOc1cccn2c(C(=O)N[C@@H](CO)c3nnc(C)o3)c(C)nc12. The monoisotopic (exact) mass is 345 g/mol. The number of aliphatic hydroxyl groups excluding tert-OH is 1. The molecule has 0 bridgehead atoms. The molecule has 132 valence electrons. The summed E-state index contributed by atoms with van der Waals surface area (Å²) in [5.74, 6) is 0.691. The van der Waals surface area contributed by atoms with Crippen LogP contribution in [0.25, 0.3) is 5.65 Å². The molecule has 0 radical (unpaired) electrons. The van der Waals surface area contributed by atoms with Crippen LogP contribution in [0.5, 0.6) is 5.75 Å². The fourth-order valence-corrected chi connectivity index (χ4v) is 2.56. The summed E-state index contributed by atoms with van der Waals surface area (Å²) in [5.41, 5.74) is 1.45. The quantitative estimate of drug-likeness (QED) is 0.689. The van der Waals surface area contributed by atoms with Gasteiger partial charge in [-0.3, -0.25) is 9.20 Å². The van der Waals surface area contributed by atoms with Gasteiger partial charge in [0.25, 0.3) is 5.91 Å². The minimum absolute atomic E-state index is 0.148. The average molecular weight is 345 g/mol. The molecule has 0 aliphatic rings. The molecule has 0 spiro atoms. The lowest BCUT2D eigenvalue weighted by atomic mass is 10.2. The molecule has 3 aromatic rings. The summed E-state index contributed by atoms with van der Waals surface area (Å²) in [7, 11) is 0. The number of ether oxygens (including phenoxy) is 1. The summed E-state index contributed by atoms with van der Waals surface area (Å²) in [5, 5.41) is 19.8. The highest BCUT2D eigenvalue weighted by atomic mass is 16.5. The van der Waals surface area contributed by atoms with Gasteiger partial charge >= 0.3 is 0 Å². The number of aryl methyl sites for hydroxylation is 2. The molecule has 3 aromatic heterocycles. The van der Waals surface area contributed by atoms with E-state index in [-0.39, 0.29) is 12.5 Å². The molecule has 0 aromatic carbocycles. The zero-order valence-electron chi connectivity index (χ0n) is 14.2. The average Bonchev–Trinajstić information content (AvgIpc) is 3.16. The number of amides is 1. The molecule has 0 saturated heterocycles. The van der Waals surface area contributed by atoms with Gasteiger partial charge in [0.05, 0.1) is 18.9 Å². The lowest BCUT2D eigenvalue weighted by Crippen LogP contribution is -2.32. The number of hydrogen-bond acceptors (Lipinski definition) is 7. The molecule has 0 aliphatic carbocycles. The molecule has 1 amide bonds. The van der Waals surface area contributed by atoms with Crippen LogP contribution in [-0.2, 0) is 0 Å². The van der Waals surface area contributed by atoms with Crippen molar-refractivity contribution in [2.24, 2.45) is 0 Å². The first-order valence-electron chi connectivity index (χ1n) is 7.87. The van der Waals surface area contributed by atoms with Crippen LogP contribution in [0.2, 0.25) is 0 Å². The van der Waals surface area contributed by atoms with Gasteiger partial charge < -0.3 is 19.6 Å². The van der Waals surface area contributed by atoms with E-state index in [4.69, 9.17) is 9.15 Å². The second-order valence-corrected chi connectivity index (χ2v) is 5.41. The van der Waals surface area contributed by atoms with E-state index in [0.717, 1.165) is 0 Å². The van der Waals surface area contributed by atoms with Crippen molar-refractivity contribution in [3.63, 3.8) is 0 Å². The van der Waals surface area contributed by atoms with Gasteiger partial charge in [-0.15, -0.1) is 10.2 Å². The first kappa shape index (κ1) is 16.9. The third-order valence-electron chi connectivity index (χ3n) is 3.63. The fourth-order valence-electron chi connectivity index (χ4n) is 2.56. The highest BCUT2D eigenvalue weighted by molar-refractivity contribution is 5.95. The molecule has 9 heteroatoms. The number of aromatic nitrogens is 4. The minimum atomic E-state index is -0.797. The molecule has 25 heavy (non-hydrogen) atoms. The van der Waals surface area contributed by atoms with Gasteiger partial charge in [-0.1, -0.05) is 0 Å². The topological polar surface area (TPSA) is 115 Å². The Labute approximate surface area is 143 Å². The smallest absolute Gasteiger partial charge is 0.270 e. The van der Waals surface area contributed by atoms with Crippen molar-refractivity contribution in [1.29, 1.82) is 0 Å². The molecule has 0 unspecified atom stereocenters. The van der Waals surface area contributed by atoms with Crippen LogP contribution < -0.4 is 10.1 Å². The Kier molecular flexibility index (Phi) is 4.66. The molecule has 9 nitrogen and oxygen atoms in total. The summed E-state index contributed by atoms with van der Waals surface area (Å²) < 4.78 is 12.5. The van der Waals surface area contributed by atoms with Gasteiger partial charge in [0.1, 0.15) is 11.7 Å². The molecule has 3 rings (SSSR count). The number of carbonyl (C=O) groups is 1. The third kappa shape index (κ3) is 3.18. The van der Waals surface area contributed by atoms with Crippen LogP contribution in [0.3, 0.4) is 0 Å². The lowest BCUT2D eigenvalue weighted by molar-refractivity contribution is 0.0897. The summed E-state index contributed by atoms with van der Waals surface area (Å²) in [6.45, 7) is 5.38. The number of imidazole rings is 1. The number of carbonyl (C=O) groups excluding carboxylic acids is 1. The number of pyridine rings is 1. The predicted molar refractivity (Wildman–Crippen MR) is 87.4 cm³/mol. The third-order valence-corrected chi connectivity index (χ3v) is 3.63. The molecule has 1 atom stereocenters. The van der Waals surface area contributed by atoms with Gasteiger partial charge in [-0.25, -0.2) is 4.98 Å². The minimum Gasteiger partial charge on any atom is -0.490 e. The van der Waals surface area contributed by atoms with E-state index in [2.05, 4.69) is 20.5 Å². The van der Waals surface area contributed by atoms with Gasteiger partial charge in [-0.2, -0.15) is 0 Å². The first-order chi connectivity index (χ1) is 12.0. The van der Waals surface area contributed by atoms with Crippen molar-refractivity contribution in [3.8, 4) is 5.75 Å². The summed E-state index contributed by atoms with van der Waals surface area (Å²) in [4.78, 5) is 17.2. The van der Waals surface area contributed by atoms with E-state index >= 15 is 0 Å². The van der Waals surface area contributed by atoms with E-state index in [1.165, 1.54) is 0 Å². The van der Waals surface area contributed by atoms with Gasteiger partial charge in [0, 0.05) is 13.1 Å². The Morgan fingerprint density at radius 2 is 2.24 bits per heavy atom. The van der Waals surface area contributed by atoms with Crippen molar-refractivity contribution < 1.29 is 19.1 Å². The van der Waals surface area contributed by atoms with Crippen LogP contribution in [0, 0.1) is 13.8 Å². The summed E-state index contributed by atoms with van der Waals surface area (Å²) in [6, 6.07) is 2.78. The molecule has 2 N–H and O–H groups in total. The number of fused-ring (bicyclic) bond motifs is 1. The Morgan fingerprint density at radius 3 is 2.88 bits per heavy atom. The van der Waals surface area contributed by atoms with Crippen LogP contribution in [0.15, 0.2) is 22.7 Å². The maximum absolute atomic E-state index is 12.7. The van der Waals surface area contributed by atoms with Crippen molar-refractivity contribution in [1.82, 2.24) is 24.9 Å². The van der Waals surface area contributed by atoms with Gasteiger partial charge in [-0.05, 0) is 26.0 Å². The molecule has 0 aliphatic heterocycles. The van der Waals surface area contributed by atoms with Crippen LogP contribution in [0.4, 0.5) is 0 Å². The standard InChI is InChI=1S/C16H19N5O4/c1-4-24-12-6-5-7-21-13(9(2)17-14(12)21)15(23)18-11(8-22)16-20-19-10(3)25-16/h5-7,11,22H,4,8H2,1-3H3,(H,18,23)/t11-/m0/s1. The second-order valence-electron chi connectivity index (χ2n) is 5.41. The fraction of sp³-hybridized carbons (Fsp3) is 0.375. The van der Waals surface area contributed by atoms with Crippen LogP contribution in [0.1, 0.15) is 40.9 Å². The lowest BCUT2D eigenvalue weighted by Gasteiger charge is -2.13. The number of hydrogen-bond donors (Lipinski definition) is 2. The number of nitrogens with one attached hydrogen (secondary N) is 1. The Bertz CT molecular complexity index is 901. The maximum atomic E-state index is 12.7. The largest absolute Gasteiger partial charge is 0.490 e. The molecule has 3 heterocycles. The Balaban J connectivity index is 1.94. The number of aliphatic hydroxyl groups is 1. The molecule has 0 saturated carbocycles. The summed E-state index contributed by atoms with van der Waals surface area (Å²) in [6.07, 6.45) is 1.73. The zero-order chi connectivity index (χ0) is 18.0. The first-order valence-corrected chi connectivity index (χ1v) is 7.87. The maximum Gasteiger partial charge on any atom is 0.270 e. The van der Waals surface area contributed by atoms with Crippen LogP contribution in [-0.4, -0.2) is 43.8 Å². The Morgan fingerprint density at radius 1 is 1.44 bits per heavy atom. The molecular weight excluding hydrogens is 326 g/mol. The van der Waals surface area contributed by atoms with E-state index in [1.54, 1.807) is 36.6 Å². The number of nitrogens with zero attached hydrogens (tertiary/aromatic N) is 4. The summed E-state index contributed by atoms with van der Waals surface area (Å²) >= 11 is 0. The van der Waals surface area contributed by atoms with E-state index in [1.807, 2.05) is 6.92 Å². The zero-order valence-corrected chi connectivity index (χ0v) is 14.2. The normalized spacial score (nSPS) is 12.3. The second kappa shape index (κ2) is 6.89. The highest BCUT2D eigenvalue weighted by Gasteiger charge is 2.24. The van der Waals surface area contributed by atoms with Crippen molar-refractivity contribution in [2.75, 3.05) is 13.2 Å². The van der Waals surface area contributed by atoms with E-state index in [9.17, 15) is 9.90 Å². The molecule has 0 fully saturated rings. The highest BCUT2D eigenvalue weighted by Crippen LogP contribution is 2.22. The van der Waals surface area contributed by atoms with Crippen LogP contribution >= 0.6 is 0 Å². The van der Waals surface area contributed by atoms with Crippen molar-refractivity contribution in [2.45, 2.75) is 26.8 Å². The van der Waals surface area contributed by atoms with E-state index < -0.39 is 11.9 Å². The van der Waals surface area contributed by atoms with Crippen molar-refractivity contribution >= 4 is 11.6 Å². The predicted octanol–water partition coefficient (Wildman–Crippen LogP) is 1.20. The van der Waals surface area contributed by atoms with E-state index in [0.29, 0.717) is 35.3 Å². The number of rotatable bonds is 6. The Hall–Kier alpha value is -2.94.